The number of fused-ring (bicyclic) bond motifs is 1. The van der Waals surface area contributed by atoms with Gasteiger partial charge in [-0.2, -0.15) is 18.2 Å². The summed E-state index contributed by atoms with van der Waals surface area (Å²) in [5.41, 5.74) is -0.802. The van der Waals surface area contributed by atoms with E-state index in [4.69, 9.17) is 11.6 Å². The SMILES string of the molecule is CC[N+]1([O-])C=Nc2cc(C(F)(F)F)c(Cl)cc21. The quantitative estimate of drug-likeness (QED) is 0.560. The molecule has 0 saturated heterocycles. The number of benzene rings is 1. The van der Waals surface area contributed by atoms with E-state index in [1.54, 1.807) is 6.92 Å². The zero-order valence-corrected chi connectivity index (χ0v) is 9.51. The van der Waals surface area contributed by atoms with Gasteiger partial charge in [0.05, 0.1) is 17.1 Å². The Morgan fingerprint density at radius 2 is 2.06 bits per heavy atom. The Labute approximate surface area is 100 Å². The fourth-order valence-corrected chi connectivity index (χ4v) is 1.91. The van der Waals surface area contributed by atoms with Crippen LogP contribution in [0.2, 0.25) is 5.02 Å². The molecule has 0 amide bonds. The molecule has 1 aliphatic heterocycles. The summed E-state index contributed by atoms with van der Waals surface area (Å²) >= 11 is 5.55. The molecule has 0 spiro atoms. The highest BCUT2D eigenvalue weighted by Crippen LogP contribution is 2.45. The van der Waals surface area contributed by atoms with Crippen LogP contribution in [-0.4, -0.2) is 12.9 Å². The van der Waals surface area contributed by atoms with Gasteiger partial charge in [-0.3, -0.25) is 4.65 Å². The monoisotopic (exact) mass is 264 g/mol. The summed E-state index contributed by atoms with van der Waals surface area (Å²) < 4.78 is 36.8. The van der Waals surface area contributed by atoms with Crippen molar-refractivity contribution in [2.24, 2.45) is 4.99 Å². The Morgan fingerprint density at radius 3 is 2.59 bits per heavy atom. The molecule has 17 heavy (non-hydrogen) atoms. The molecule has 3 nitrogen and oxygen atoms in total. The lowest BCUT2D eigenvalue weighted by Crippen LogP contribution is -2.39. The smallest absolute Gasteiger partial charge is 0.417 e. The maximum Gasteiger partial charge on any atom is 0.417 e. The average Bonchev–Trinajstić information content (AvgIpc) is 2.55. The number of alkyl halides is 3. The second-order valence-corrected chi connectivity index (χ2v) is 4.08. The first kappa shape index (κ1) is 12.3. The molecular weight excluding hydrogens is 257 g/mol. The highest BCUT2D eigenvalue weighted by molar-refractivity contribution is 6.32. The van der Waals surface area contributed by atoms with E-state index < -0.39 is 21.4 Å². The summed E-state index contributed by atoms with van der Waals surface area (Å²) in [7, 11) is 0. The summed E-state index contributed by atoms with van der Waals surface area (Å²) in [5.74, 6) is 0. The molecule has 1 atom stereocenters. The number of aliphatic imine (C=N–C) groups is 1. The summed E-state index contributed by atoms with van der Waals surface area (Å²) in [4.78, 5) is 3.71. The second-order valence-electron chi connectivity index (χ2n) is 3.67. The molecule has 0 fully saturated rings. The summed E-state index contributed by atoms with van der Waals surface area (Å²) in [6, 6.07) is 1.85. The van der Waals surface area contributed by atoms with E-state index in [2.05, 4.69) is 4.99 Å². The van der Waals surface area contributed by atoms with Crippen molar-refractivity contribution in [1.82, 2.24) is 4.65 Å². The fourth-order valence-electron chi connectivity index (χ4n) is 1.64. The van der Waals surface area contributed by atoms with Crippen LogP contribution >= 0.6 is 11.6 Å². The minimum Gasteiger partial charge on any atom is -0.621 e. The van der Waals surface area contributed by atoms with Gasteiger partial charge in [-0.05, 0) is 13.0 Å². The Balaban J connectivity index is 2.59. The standard InChI is InChI=1S/C10H8ClF3N2O/c1-2-16(17)5-15-8-3-6(10(12,13)14)7(11)4-9(8)16/h3-5H,2H2,1H3. The maximum absolute atomic E-state index is 12.6. The number of hydroxylamine groups is 2. The van der Waals surface area contributed by atoms with E-state index in [-0.39, 0.29) is 17.9 Å². The second kappa shape index (κ2) is 3.69. The normalized spacial score (nSPS) is 22.9. The zero-order chi connectivity index (χ0) is 12.8. The zero-order valence-electron chi connectivity index (χ0n) is 8.75. The molecule has 0 aliphatic carbocycles. The van der Waals surface area contributed by atoms with Crippen LogP contribution in [-0.2, 0) is 6.18 Å². The van der Waals surface area contributed by atoms with Crippen molar-refractivity contribution >= 4 is 29.3 Å². The highest BCUT2D eigenvalue weighted by Gasteiger charge is 2.37. The van der Waals surface area contributed by atoms with Gasteiger partial charge in [-0.15, -0.1) is 0 Å². The van der Waals surface area contributed by atoms with Crippen LogP contribution < -0.4 is 4.65 Å². The third kappa shape index (κ3) is 1.92. The first-order valence-corrected chi connectivity index (χ1v) is 5.21. The van der Waals surface area contributed by atoms with Gasteiger partial charge in [-0.25, -0.2) is 0 Å². The number of halogens is 4. The average molecular weight is 265 g/mol. The van der Waals surface area contributed by atoms with Crippen molar-refractivity contribution in [2.45, 2.75) is 13.1 Å². The number of rotatable bonds is 1. The molecule has 7 heteroatoms. The third-order valence-electron chi connectivity index (χ3n) is 2.63. The molecule has 1 aromatic carbocycles. The van der Waals surface area contributed by atoms with E-state index in [0.717, 1.165) is 18.5 Å². The van der Waals surface area contributed by atoms with Gasteiger partial charge in [0.25, 0.3) is 0 Å². The number of hydrogen-bond acceptors (Lipinski definition) is 2. The van der Waals surface area contributed by atoms with Crippen LogP contribution in [0.4, 0.5) is 24.5 Å². The first-order valence-electron chi connectivity index (χ1n) is 4.83. The predicted octanol–water partition coefficient (Wildman–Crippen LogP) is 3.86. The molecule has 92 valence electrons. The van der Waals surface area contributed by atoms with Crippen molar-refractivity contribution in [3.63, 3.8) is 0 Å². The van der Waals surface area contributed by atoms with Gasteiger partial charge >= 0.3 is 6.18 Å². The third-order valence-corrected chi connectivity index (χ3v) is 2.94. The van der Waals surface area contributed by atoms with Gasteiger partial charge in [0.2, 0.25) is 0 Å². The fraction of sp³-hybridized carbons (Fsp3) is 0.300. The number of quaternary nitrogens is 1. The van der Waals surface area contributed by atoms with E-state index in [9.17, 15) is 18.4 Å². The lowest BCUT2D eigenvalue weighted by Gasteiger charge is -2.33. The number of hydrogen-bond donors (Lipinski definition) is 0. The summed E-state index contributed by atoms with van der Waals surface area (Å²) in [6.45, 7) is 1.78. The first-order chi connectivity index (χ1) is 7.78. The van der Waals surface area contributed by atoms with Crippen molar-refractivity contribution in [2.75, 3.05) is 6.54 Å². The molecule has 0 saturated carbocycles. The molecule has 0 bridgehead atoms. The molecule has 1 heterocycles. The van der Waals surface area contributed by atoms with Crippen LogP contribution in [0, 0.1) is 5.21 Å². The molecule has 0 aromatic heterocycles. The number of nitrogens with zero attached hydrogens (tertiary/aromatic N) is 2. The minimum atomic E-state index is -4.55. The van der Waals surface area contributed by atoms with Crippen molar-refractivity contribution in [1.29, 1.82) is 0 Å². The molecule has 1 aromatic rings. The molecule has 0 N–H and O–H groups in total. The summed E-state index contributed by atoms with van der Waals surface area (Å²) in [5, 5.41) is 11.6. The Kier molecular flexibility index (Phi) is 2.68. The van der Waals surface area contributed by atoms with Gasteiger partial charge in [0, 0.05) is 6.07 Å². The van der Waals surface area contributed by atoms with Gasteiger partial charge < -0.3 is 5.21 Å². The van der Waals surface area contributed by atoms with E-state index in [1.165, 1.54) is 0 Å². The largest absolute Gasteiger partial charge is 0.621 e. The maximum atomic E-state index is 12.6. The van der Waals surface area contributed by atoms with Gasteiger partial charge in [0.15, 0.2) is 12.0 Å². The van der Waals surface area contributed by atoms with Crippen LogP contribution in [0.5, 0.6) is 0 Å². The van der Waals surface area contributed by atoms with Crippen LogP contribution in [0.15, 0.2) is 17.1 Å². The Bertz CT molecular complexity index is 501. The predicted molar refractivity (Wildman–Crippen MR) is 60.3 cm³/mol. The topological polar surface area (TPSA) is 35.4 Å². The molecular formula is C10H8ClF3N2O. The van der Waals surface area contributed by atoms with Crippen molar-refractivity contribution in [3.05, 3.63) is 27.9 Å². The van der Waals surface area contributed by atoms with E-state index in [1.807, 2.05) is 0 Å². The summed E-state index contributed by atoms with van der Waals surface area (Å²) in [6.07, 6.45) is -3.48. The minimum absolute atomic E-state index is 0.0265. The van der Waals surface area contributed by atoms with E-state index >= 15 is 0 Å². The van der Waals surface area contributed by atoms with Crippen LogP contribution in [0.3, 0.4) is 0 Å². The van der Waals surface area contributed by atoms with Gasteiger partial charge in [-0.1, -0.05) is 11.6 Å². The Hall–Kier alpha value is -1.11. The van der Waals surface area contributed by atoms with Crippen molar-refractivity contribution in [3.8, 4) is 0 Å². The van der Waals surface area contributed by atoms with Gasteiger partial charge in [0.1, 0.15) is 5.69 Å². The Morgan fingerprint density at radius 1 is 1.41 bits per heavy atom. The van der Waals surface area contributed by atoms with Crippen molar-refractivity contribution < 1.29 is 13.2 Å². The lowest BCUT2D eigenvalue weighted by molar-refractivity contribution is -0.137. The highest BCUT2D eigenvalue weighted by atomic mass is 35.5. The lowest BCUT2D eigenvalue weighted by atomic mass is 10.1. The van der Waals surface area contributed by atoms with E-state index in [0.29, 0.717) is 0 Å². The van der Waals surface area contributed by atoms with Crippen LogP contribution in [0.25, 0.3) is 0 Å². The molecule has 0 radical (unpaired) electrons. The molecule has 1 aliphatic rings. The van der Waals surface area contributed by atoms with Crippen LogP contribution in [0.1, 0.15) is 12.5 Å². The molecule has 1 unspecified atom stereocenters. The molecule has 2 rings (SSSR count).